The first kappa shape index (κ1) is 23.5. The molecule has 170 valence electrons. The van der Waals surface area contributed by atoms with Crippen LogP contribution in [0.15, 0.2) is 54.6 Å². The number of nitrogens with one attached hydrogen (secondary N) is 2. The van der Waals surface area contributed by atoms with E-state index in [0.29, 0.717) is 50.2 Å². The van der Waals surface area contributed by atoms with Gasteiger partial charge in [-0.05, 0) is 49.9 Å². The average Bonchev–Trinajstić information content (AvgIpc) is 2.82. The van der Waals surface area contributed by atoms with E-state index in [0.717, 1.165) is 5.56 Å². The van der Waals surface area contributed by atoms with Gasteiger partial charge in [-0.3, -0.25) is 14.4 Å². The number of likely N-dealkylation sites (tertiary alicyclic amines) is 1. The van der Waals surface area contributed by atoms with Crippen molar-refractivity contribution in [1.29, 1.82) is 0 Å². The molecule has 3 rings (SSSR count). The molecule has 7 heteroatoms. The van der Waals surface area contributed by atoms with Crippen molar-refractivity contribution < 1.29 is 19.1 Å². The molecule has 7 nitrogen and oxygen atoms in total. The normalized spacial score (nSPS) is 15.1. The van der Waals surface area contributed by atoms with Crippen molar-refractivity contribution in [3.8, 4) is 0 Å². The summed E-state index contributed by atoms with van der Waals surface area (Å²) in [6.45, 7) is 3.82. The summed E-state index contributed by atoms with van der Waals surface area (Å²) >= 11 is 0. The molecule has 1 aliphatic heterocycles. The molecule has 1 atom stereocenters. The van der Waals surface area contributed by atoms with Crippen LogP contribution in [0.1, 0.15) is 39.1 Å². The van der Waals surface area contributed by atoms with Crippen molar-refractivity contribution in [1.82, 2.24) is 15.5 Å². The summed E-state index contributed by atoms with van der Waals surface area (Å²) < 4.78 is 5.01. The van der Waals surface area contributed by atoms with E-state index in [1.807, 2.05) is 42.2 Å². The van der Waals surface area contributed by atoms with Crippen LogP contribution in [-0.4, -0.2) is 62.0 Å². The van der Waals surface area contributed by atoms with Gasteiger partial charge in [0.05, 0.1) is 6.61 Å². The zero-order chi connectivity index (χ0) is 22.9. The minimum atomic E-state index is -0.671. The van der Waals surface area contributed by atoms with Gasteiger partial charge in [0.2, 0.25) is 5.91 Å². The van der Waals surface area contributed by atoms with Crippen LogP contribution >= 0.6 is 0 Å². The molecule has 2 aromatic carbocycles. The Balaban J connectivity index is 1.66. The van der Waals surface area contributed by atoms with Crippen LogP contribution in [0, 0.1) is 12.8 Å². The van der Waals surface area contributed by atoms with E-state index in [9.17, 15) is 14.4 Å². The Morgan fingerprint density at radius 2 is 1.72 bits per heavy atom. The molecule has 2 aromatic rings. The van der Waals surface area contributed by atoms with Crippen molar-refractivity contribution in [3.05, 3.63) is 71.3 Å². The second-order valence-corrected chi connectivity index (χ2v) is 8.10. The summed E-state index contributed by atoms with van der Waals surface area (Å²) in [7, 11) is 1.57. The predicted octanol–water partition coefficient (Wildman–Crippen LogP) is 2.41. The molecule has 1 heterocycles. The van der Waals surface area contributed by atoms with Gasteiger partial charge in [0.1, 0.15) is 6.04 Å². The fourth-order valence-electron chi connectivity index (χ4n) is 3.99. The number of rotatable bonds is 8. The quantitative estimate of drug-likeness (QED) is 0.621. The third-order valence-electron chi connectivity index (χ3n) is 5.77. The summed E-state index contributed by atoms with van der Waals surface area (Å²) in [6, 6.07) is 15.8. The van der Waals surface area contributed by atoms with E-state index in [1.165, 1.54) is 0 Å². The van der Waals surface area contributed by atoms with Gasteiger partial charge in [-0.15, -0.1) is 0 Å². The van der Waals surface area contributed by atoms with Crippen molar-refractivity contribution in [2.24, 2.45) is 5.92 Å². The first-order chi connectivity index (χ1) is 15.5. The second kappa shape index (κ2) is 11.4. The zero-order valence-corrected chi connectivity index (χ0v) is 18.7. The lowest BCUT2D eigenvalue weighted by Crippen LogP contribution is -2.54. The lowest BCUT2D eigenvalue weighted by atomic mass is 9.88. The second-order valence-electron chi connectivity index (χ2n) is 8.10. The van der Waals surface area contributed by atoms with Gasteiger partial charge >= 0.3 is 0 Å². The van der Waals surface area contributed by atoms with Crippen LogP contribution in [0.25, 0.3) is 0 Å². The Kier molecular flexibility index (Phi) is 8.39. The standard InChI is InChI=1S/C25H31N3O4/c1-18-7-6-10-21(17-18)25(31)28-14-11-19(12-15-28)22(24(30)26-13-16-32-2)27-23(29)20-8-4-3-5-9-20/h3-10,17,19,22H,11-16H2,1-2H3,(H,26,30)(H,27,29). The van der Waals surface area contributed by atoms with Gasteiger partial charge in [0.25, 0.3) is 11.8 Å². The van der Waals surface area contributed by atoms with Gasteiger partial charge < -0.3 is 20.3 Å². The molecular weight excluding hydrogens is 406 g/mol. The Morgan fingerprint density at radius 1 is 1.03 bits per heavy atom. The number of piperidine rings is 1. The number of carbonyl (C=O) groups excluding carboxylic acids is 3. The first-order valence-corrected chi connectivity index (χ1v) is 11.0. The zero-order valence-electron chi connectivity index (χ0n) is 18.7. The highest BCUT2D eigenvalue weighted by atomic mass is 16.5. The number of carbonyl (C=O) groups is 3. The van der Waals surface area contributed by atoms with Crippen molar-refractivity contribution in [3.63, 3.8) is 0 Å². The summed E-state index contributed by atoms with van der Waals surface area (Å²) in [5.41, 5.74) is 2.23. The van der Waals surface area contributed by atoms with Gasteiger partial charge in [0.15, 0.2) is 0 Å². The minimum Gasteiger partial charge on any atom is -0.383 e. The van der Waals surface area contributed by atoms with Gasteiger partial charge in [0, 0.05) is 37.9 Å². The fraction of sp³-hybridized carbons (Fsp3) is 0.400. The molecule has 1 fully saturated rings. The molecule has 0 saturated carbocycles. The summed E-state index contributed by atoms with van der Waals surface area (Å²) in [4.78, 5) is 40.3. The lowest BCUT2D eigenvalue weighted by Gasteiger charge is -2.36. The number of ether oxygens (including phenoxy) is 1. The van der Waals surface area contributed by atoms with Crippen LogP contribution in [0.2, 0.25) is 0 Å². The Hall–Kier alpha value is -3.19. The summed E-state index contributed by atoms with van der Waals surface area (Å²) in [6.07, 6.45) is 1.27. The topological polar surface area (TPSA) is 87.7 Å². The fourth-order valence-corrected chi connectivity index (χ4v) is 3.99. The third kappa shape index (κ3) is 6.17. The predicted molar refractivity (Wildman–Crippen MR) is 122 cm³/mol. The SMILES string of the molecule is COCCNC(=O)C(NC(=O)c1ccccc1)C1CCN(C(=O)c2cccc(C)c2)CC1. The Labute approximate surface area is 189 Å². The van der Waals surface area contributed by atoms with Crippen LogP contribution in [0.5, 0.6) is 0 Å². The number of aryl methyl sites for hydroxylation is 1. The summed E-state index contributed by atoms with van der Waals surface area (Å²) in [5.74, 6) is -0.570. The van der Waals surface area contributed by atoms with Crippen LogP contribution in [0.3, 0.4) is 0 Å². The molecule has 3 amide bonds. The smallest absolute Gasteiger partial charge is 0.253 e. The Bertz CT molecular complexity index is 924. The van der Waals surface area contributed by atoms with Gasteiger partial charge in [-0.2, -0.15) is 0 Å². The molecule has 0 spiro atoms. The molecule has 2 N–H and O–H groups in total. The van der Waals surface area contributed by atoms with Crippen LogP contribution in [0.4, 0.5) is 0 Å². The largest absolute Gasteiger partial charge is 0.383 e. The van der Waals surface area contributed by atoms with Crippen LogP contribution < -0.4 is 10.6 Å². The monoisotopic (exact) mass is 437 g/mol. The molecular formula is C25H31N3O4. The molecule has 1 unspecified atom stereocenters. The van der Waals surface area contributed by atoms with Crippen molar-refractivity contribution in [2.75, 3.05) is 33.4 Å². The van der Waals surface area contributed by atoms with Crippen molar-refractivity contribution >= 4 is 17.7 Å². The highest BCUT2D eigenvalue weighted by Crippen LogP contribution is 2.23. The number of methoxy groups -OCH3 is 1. The highest BCUT2D eigenvalue weighted by molar-refractivity contribution is 5.97. The maximum absolute atomic E-state index is 12.9. The molecule has 32 heavy (non-hydrogen) atoms. The maximum atomic E-state index is 12.9. The molecule has 0 bridgehead atoms. The molecule has 1 saturated heterocycles. The van der Waals surface area contributed by atoms with Crippen molar-refractivity contribution in [2.45, 2.75) is 25.8 Å². The van der Waals surface area contributed by atoms with E-state index in [2.05, 4.69) is 10.6 Å². The third-order valence-corrected chi connectivity index (χ3v) is 5.77. The van der Waals surface area contributed by atoms with Gasteiger partial charge in [-0.1, -0.05) is 35.9 Å². The average molecular weight is 438 g/mol. The number of hydrogen-bond acceptors (Lipinski definition) is 4. The van der Waals surface area contributed by atoms with Gasteiger partial charge in [-0.25, -0.2) is 0 Å². The maximum Gasteiger partial charge on any atom is 0.253 e. The Morgan fingerprint density at radius 3 is 2.38 bits per heavy atom. The number of nitrogens with zero attached hydrogens (tertiary/aromatic N) is 1. The highest BCUT2D eigenvalue weighted by Gasteiger charge is 2.34. The van der Waals surface area contributed by atoms with E-state index >= 15 is 0 Å². The first-order valence-electron chi connectivity index (χ1n) is 11.0. The van der Waals surface area contributed by atoms with E-state index in [-0.39, 0.29) is 23.6 Å². The molecule has 0 aliphatic carbocycles. The number of hydrogen-bond donors (Lipinski definition) is 2. The number of amides is 3. The van der Waals surface area contributed by atoms with E-state index < -0.39 is 6.04 Å². The lowest BCUT2D eigenvalue weighted by molar-refractivity contribution is -0.124. The number of benzene rings is 2. The molecule has 1 aliphatic rings. The van der Waals surface area contributed by atoms with E-state index in [4.69, 9.17) is 4.74 Å². The molecule has 0 aromatic heterocycles. The minimum absolute atomic E-state index is 0.00145. The molecule has 0 radical (unpaired) electrons. The van der Waals surface area contributed by atoms with Crippen LogP contribution in [-0.2, 0) is 9.53 Å². The summed E-state index contributed by atoms with van der Waals surface area (Å²) in [5, 5.41) is 5.76. The van der Waals surface area contributed by atoms with E-state index in [1.54, 1.807) is 31.4 Å².